The van der Waals surface area contributed by atoms with Gasteiger partial charge in [-0.25, -0.2) is 13.2 Å². The van der Waals surface area contributed by atoms with Crippen LogP contribution in [0.1, 0.15) is 12.0 Å². The Morgan fingerprint density at radius 3 is 2.36 bits per heavy atom. The van der Waals surface area contributed by atoms with Crippen molar-refractivity contribution in [1.29, 1.82) is 0 Å². The molecule has 3 nitrogen and oxygen atoms in total. The van der Waals surface area contributed by atoms with Crippen molar-refractivity contribution in [2.24, 2.45) is 0 Å². The topological polar surface area (TPSA) is 41.1 Å². The number of carbonyl (C=O) groups is 1. The first-order valence-electron chi connectivity index (χ1n) is 6.71. The number of hydrogen-bond donors (Lipinski definition) is 2. The van der Waals surface area contributed by atoms with E-state index in [-0.39, 0.29) is 24.6 Å². The van der Waals surface area contributed by atoms with E-state index in [1.54, 1.807) is 12.1 Å². The number of aryl methyl sites for hydroxylation is 1. The molecule has 0 spiro atoms. The van der Waals surface area contributed by atoms with Crippen LogP contribution in [0, 0.1) is 24.4 Å². The maximum absolute atomic E-state index is 13.4. The second-order valence-corrected chi connectivity index (χ2v) is 4.81. The summed E-state index contributed by atoms with van der Waals surface area (Å²) < 4.78 is 39.2. The summed E-state index contributed by atoms with van der Waals surface area (Å²) in [5.74, 6) is -4.34. The van der Waals surface area contributed by atoms with Gasteiger partial charge in [-0.15, -0.1) is 0 Å². The maximum atomic E-state index is 13.4. The number of anilines is 2. The molecule has 0 unspecified atom stereocenters. The number of benzene rings is 2. The predicted octanol–water partition coefficient (Wildman–Crippen LogP) is 3.85. The van der Waals surface area contributed by atoms with Crippen LogP contribution in [0.5, 0.6) is 0 Å². The van der Waals surface area contributed by atoms with Crippen molar-refractivity contribution in [2.45, 2.75) is 13.3 Å². The largest absolute Gasteiger partial charge is 0.382 e. The van der Waals surface area contributed by atoms with Crippen molar-refractivity contribution in [3.63, 3.8) is 0 Å². The van der Waals surface area contributed by atoms with Crippen molar-refractivity contribution < 1.29 is 18.0 Å². The lowest BCUT2D eigenvalue weighted by Gasteiger charge is -2.09. The van der Waals surface area contributed by atoms with Crippen LogP contribution >= 0.6 is 0 Å². The molecule has 2 aromatic carbocycles. The number of amides is 1. The molecule has 0 aromatic heterocycles. The number of rotatable bonds is 5. The fourth-order valence-electron chi connectivity index (χ4n) is 1.83. The molecule has 116 valence electrons. The van der Waals surface area contributed by atoms with Crippen LogP contribution < -0.4 is 10.6 Å². The highest BCUT2D eigenvalue weighted by molar-refractivity contribution is 5.90. The summed E-state index contributed by atoms with van der Waals surface area (Å²) in [7, 11) is 0. The zero-order valence-corrected chi connectivity index (χ0v) is 11.9. The first-order valence-corrected chi connectivity index (χ1v) is 6.71. The molecule has 0 aliphatic carbocycles. The van der Waals surface area contributed by atoms with E-state index >= 15 is 0 Å². The minimum atomic E-state index is -1.53. The monoisotopic (exact) mass is 308 g/mol. The molecule has 0 bridgehead atoms. The van der Waals surface area contributed by atoms with E-state index in [1.165, 1.54) is 0 Å². The minimum Gasteiger partial charge on any atom is -0.382 e. The third kappa shape index (κ3) is 4.00. The highest BCUT2D eigenvalue weighted by atomic mass is 19.2. The Hall–Kier alpha value is -2.50. The Labute approximate surface area is 126 Å². The molecule has 0 atom stereocenters. The van der Waals surface area contributed by atoms with Crippen LogP contribution in [0.25, 0.3) is 0 Å². The molecule has 0 radical (unpaired) electrons. The zero-order valence-electron chi connectivity index (χ0n) is 11.9. The third-order valence-electron chi connectivity index (χ3n) is 3.04. The molecule has 2 rings (SSSR count). The maximum Gasteiger partial charge on any atom is 0.226 e. The van der Waals surface area contributed by atoms with Crippen LogP contribution in [0.4, 0.5) is 24.5 Å². The second kappa shape index (κ2) is 6.98. The van der Waals surface area contributed by atoms with Gasteiger partial charge >= 0.3 is 0 Å². The Morgan fingerprint density at radius 1 is 1.00 bits per heavy atom. The first-order chi connectivity index (χ1) is 10.5. The van der Waals surface area contributed by atoms with Gasteiger partial charge in [-0.1, -0.05) is 17.7 Å². The van der Waals surface area contributed by atoms with Gasteiger partial charge in [0.05, 0.1) is 5.69 Å². The standard InChI is InChI=1S/C16H15F3N2O/c1-10-2-4-11(5-3-10)21-14(22)8-9-20-13-7-6-12(17)15(18)16(13)19/h2-7,20H,8-9H2,1H3,(H,21,22). The minimum absolute atomic E-state index is 0.0618. The number of hydrogen-bond acceptors (Lipinski definition) is 2. The smallest absolute Gasteiger partial charge is 0.226 e. The Bertz CT molecular complexity index is 672. The summed E-state index contributed by atoms with van der Waals surface area (Å²) in [5.41, 5.74) is 1.56. The second-order valence-electron chi connectivity index (χ2n) is 4.81. The van der Waals surface area contributed by atoms with Crippen molar-refractivity contribution in [3.8, 4) is 0 Å². The average Bonchev–Trinajstić information content (AvgIpc) is 2.49. The van der Waals surface area contributed by atoms with Crippen molar-refractivity contribution in [3.05, 3.63) is 59.4 Å². The predicted molar refractivity (Wildman–Crippen MR) is 79.2 cm³/mol. The molecule has 6 heteroatoms. The molecular formula is C16H15F3N2O. The molecule has 0 aliphatic rings. The first kappa shape index (κ1) is 15.9. The molecule has 0 heterocycles. The fraction of sp³-hybridized carbons (Fsp3) is 0.188. The van der Waals surface area contributed by atoms with E-state index in [9.17, 15) is 18.0 Å². The summed E-state index contributed by atoms with van der Waals surface area (Å²) in [6, 6.07) is 9.19. The lowest BCUT2D eigenvalue weighted by molar-refractivity contribution is -0.115. The van der Waals surface area contributed by atoms with Crippen LogP contribution in [0.2, 0.25) is 0 Å². The quantitative estimate of drug-likeness (QED) is 0.824. The Kier molecular flexibility index (Phi) is 5.04. The van der Waals surface area contributed by atoms with Crippen LogP contribution in [0.15, 0.2) is 36.4 Å². The molecule has 22 heavy (non-hydrogen) atoms. The van der Waals surface area contributed by atoms with Gasteiger partial charge in [-0.05, 0) is 31.2 Å². The van der Waals surface area contributed by atoms with E-state index in [1.807, 2.05) is 19.1 Å². The molecule has 0 aliphatic heterocycles. The van der Waals surface area contributed by atoms with Gasteiger partial charge in [0.2, 0.25) is 5.91 Å². The average molecular weight is 308 g/mol. The summed E-state index contributed by atoms with van der Waals surface area (Å²) in [4.78, 5) is 11.7. The molecule has 0 saturated heterocycles. The molecule has 0 fully saturated rings. The third-order valence-corrected chi connectivity index (χ3v) is 3.04. The van der Waals surface area contributed by atoms with Gasteiger partial charge in [0.25, 0.3) is 0 Å². The van der Waals surface area contributed by atoms with Crippen molar-refractivity contribution >= 4 is 17.3 Å². The van der Waals surface area contributed by atoms with Crippen molar-refractivity contribution in [1.82, 2.24) is 0 Å². The lowest BCUT2D eigenvalue weighted by Crippen LogP contribution is -2.16. The highest BCUT2D eigenvalue weighted by Crippen LogP contribution is 2.19. The normalized spacial score (nSPS) is 10.4. The summed E-state index contributed by atoms with van der Waals surface area (Å²) in [6.07, 6.45) is 0.0618. The molecule has 1 amide bonds. The van der Waals surface area contributed by atoms with Crippen molar-refractivity contribution in [2.75, 3.05) is 17.2 Å². The zero-order chi connectivity index (χ0) is 16.1. The molecule has 0 saturated carbocycles. The van der Waals surface area contributed by atoms with Gasteiger partial charge in [-0.3, -0.25) is 4.79 Å². The highest BCUT2D eigenvalue weighted by Gasteiger charge is 2.13. The van der Waals surface area contributed by atoms with Gasteiger partial charge in [-0.2, -0.15) is 0 Å². The summed E-state index contributed by atoms with van der Waals surface area (Å²) >= 11 is 0. The molecule has 2 N–H and O–H groups in total. The number of halogens is 3. The van der Waals surface area contributed by atoms with Crippen LogP contribution in [-0.2, 0) is 4.79 Å². The number of nitrogens with one attached hydrogen (secondary N) is 2. The fourth-order valence-corrected chi connectivity index (χ4v) is 1.83. The van der Waals surface area contributed by atoms with E-state index < -0.39 is 17.5 Å². The van der Waals surface area contributed by atoms with E-state index in [0.717, 1.165) is 17.7 Å². The van der Waals surface area contributed by atoms with Gasteiger partial charge < -0.3 is 10.6 Å². The van der Waals surface area contributed by atoms with Gasteiger partial charge in [0, 0.05) is 18.7 Å². The van der Waals surface area contributed by atoms with E-state index in [0.29, 0.717) is 5.69 Å². The number of carbonyl (C=O) groups excluding carboxylic acids is 1. The lowest BCUT2D eigenvalue weighted by atomic mass is 10.2. The molecule has 2 aromatic rings. The summed E-state index contributed by atoms with van der Waals surface area (Å²) in [6.45, 7) is 2.03. The summed E-state index contributed by atoms with van der Waals surface area (Å²) in [5, 5.41) is 5.25. The van der Waals surface area contributed by atoms with Gasteiger partial charge in [0.15, 0.2) is 17.5 Å². The Morgan fingerprint density at radius 2 is 1.68 bits per heavy atom. The SMILES string of the molecule is Cc1ccc(NC(=O)CCNc2ccc(F)c(F)c2F)cc1. The van der Waals surface area contributed by atoms with Crippen LogP contribution in [-0.4, -0.2) is 12.5 Å². The van der Waals surface area contributed by atoms with E-state index in [4.69, 9.17) is 0 Å². The molecular weight excluding hydrogens is 293 g/mol. The van der Waals surface area contributed by atoms with E-state index in [2.05, 4.69) is 10.6 Å². The Balaban J connectivity index is 1.84. The van der Waals surface area contributed by atoms with Crippen LogP contribution in [0.3, 0.4) is 0 Å². The van der Waals surface area contributed by atoms with Gasteiger partial charge in [0.1, 0.15) is 0 Å².